The van der Waals surface area contributed by atoms with Crippen LogP contribution in [0.4, 0.5) is 0 Å². The summed E-state index contributed by atoms with van der Waals surface area (Å²) >= 11 is 3.57. The Balaban J connectivity index is 2.23. The highest BCUT2D eigenvalue weighted by Gasteiger charge is 2.29. The summed E-state index contributed by atoms with van der Waals surface area (Å²) < 4.78 is 12.0. The van der Waals surface area contributed by atoms with Crippen molar-refractivity contribution >= 4 is 27.7 Å². The third-order valence-corrected chi connectivity index (χ3v) is 6.47. The third-order valence-electron chi connectivity index (χ3n) is 5.85. The summed E-state index contributed by atoms with van der Waals surface area (Å²) in [6.45, 7) is 11.1. The maximum atomic E-state index is 13.4. The SMILES string of the molecule is CCCCNC(=O)[C@H](CC)N(Cc1cccc(OC)c1)C(=O)COc1ccc(C(C)(C)C)cc1Br. The second-order valence-electron chi connectivity index (χ2n) is 9.63. The van der Waals surface area contributed by atoms with E-state index in [4.69, 9.17) is 9.47 Å². The molecule has 0 bridgehead atoms. The summed E-state index contributed by atoms with van der Waals surface area (Å²) in [5.41, 5.74) is 2.05. The molecular weight excluding hydrogens is 508 g/mol. The maximum absolute atomic E-state index is 13.4. The minimum Gasteiger partial charge on any atom is -0.497 e. The predicted octanol–water partition coefficient (Wildman–Crippen LogP) is 5.86. The molecule has 0 spiro atoms. The first-order chi connectivity index (χ1) is 16.6. The lowest BCUT2D eigenvalue weighted by atomic mass is 9.87. The maximum Gasteiger partial charge on any atom is 0.261 e. The highest BCUT2D eigenvalue weighted by atomic mass is 79.9. The Morgan fingerprint density at radius 3 is 2.46 bits per heavy atom. The van der Waals surface area contributed by atoms with Crippen molar-refractivity contribution in [2.24, 2.45) is 0 Å². The monoisotopic (exact) mass is 546 g/mol. The van der Waals surface area contributed by atoms with E-state index in [2.05, 4.69) is 48.9 Å². The zero-order valence-corrected chi connectivity index (χ0v) is 23.4. The fourth-order valence-electron chi connectivity index (χ4n) is 3.70. The van der Waals surface area contributed by atoms with Crippen molar-refractivity contribution in [3.05, 3.63) is 58.1 Å². The molecule has 0 aliphatic carbocycles. The number of hydrogen-bond donors (Lipinski definition) is 1. The lowest BCUT2D eigenvalue weighted by molar-refractivity contribution is -0.143. The van der Waals surface area contributed by atoms with Crippen LogP contribution in [-0.2, 0) is 21.5 Å². The fourth-order valence-corrected chi connectivity index (χ4v) is 4.19. The van der Waals surface area contributed by atoms with E-state index in [1.54, 1.807) is 12.0 Å². The summed E-state index contributed by atoms with van der Waals surface area (Å²) in [6, 6.07) is 12.8. The standard InChI is InChI=1S/C28H39BrN2O4/c1-7-9-15-30-27(33)24(8-2)31(18-20-11-10-12-22(16-20)34-6)26(32)19-35-25-14-13-21(17-23(25)29)28(3,4)5/h10-14,16-17,24H,7-9,15,18-19H2,1-6H3,(H,30,33)/t24-/m0/s1. The van der Waals surface area contributed by atoms with Crippen LogP contribution in [0.25, 0.3) is 0 Å². The molecule has 1 N–H and O–H groups in total. The molecule has 0 radical (unpaired) electrons. The Morgan fingerprint density at radius 2 is 1.86 bits per heavy atom. The molecular formula is C28H39BrN2O4. The number of methoxy groups -OCH3 is 1. The van der Waals surface area contributed by atoms with Crippen LogP contribution >= 0.6 is 15.9 Å². The first-order valence-electron chi connectivity index (χ1n) is 12.2. The van der Waals surface area contributed by atoms with Gasteiger partial charge < -0.3 is 19.7 Å². The van der Waals surface area contributed by atoms with Gasteiger partial charge >= 0.3 is 0 Å². The molecule has 6 nitrogen and oxygen atoms in total. The molecule has 0 saturated carbocycles. The van der Waals surface area contributed by atoms with Crippen LogP contribution < -0.4 is 14.8 Å². The van der Waals surface area contributed by atoms with Crippen LogP contribution in [0.15, 0.2) is 46.9 Å². The molecule has 2 rings (SSSR count). The van der Waals surface area contributed by atoms with Gasteiger partial charge in [0.1, 0.15) is 17.5 Å². The predicted molar refractivity (Wildman–Crippen MR) is 144 cm³/mol. The second-order valence-corrected chi connectivity index (χ2v) is 10.5. The number of amides is 2. The minimum absolute atomic E-state index is 0.00386. The summed E-state index contributed by atoms with van der Waals surface area (Å²) in [7, 11) is 1.61. The number of benzene rings is 2. The van der Waals surface area contributed by atoms with Crippen molar-refractivity contribution in [1.82, 2.24) is 10.2 Å². The van der Waals surface area contributed by atoms with Crippen LogP contribution in [-0.4, -0.2) is 43.0 Å². The Bertz CT molecular complexity index is 987. The van der Waals surface area contributed by atoms with Crippen molar-refractivity contribution in [2.45, 2.75) is 71.9 Å². The van der Waals surface area contributed by atoms with Crippen LogP contribution in [0.5, 0.6) is 11.5 Å². The number of unbranched alkanes of at least 4 members (excludes halogenated alkanes) is 1. The molecule has 0 fully saturated rings. The zero-order valence-electron chi connectivity index (χ0n) is 21.8. The van der Waals surface area contributed by atoms with Gasteiger partial charge in [0.15, 0.2) is 6.61 Å². The van der Waals surface area contributed by atoms with Gasteiger partial charge in [-0.05, 0) is 69.6 Å². The first-order valence-corrected chi connectivity index (χ1v) is 13.0. The van der Waals surface area contributed by atoms with Crippen LogP contribution in [0.3, 0.4) is 0 Å². The molecule has 0 unspecified atom stereocenters. The van der Waals surface area contributed by atoms with Crippen LogP contribution in [0, 0.1) is 0 Å². The van der Waals surface area contributed by atoms with Gasteiger partial charge in [0.2, 0.25) is 5.91 Å². The quantitative estimate of drug-likeness (QED) is 0.338. The van der Waals surface area contributed by atoms with Gasteiger partial charge in [-0.3, -0.25) is 9.59 Å². The Labute approximate surface area is 218 Å². The molecule has 35 heavy (non-hydrogen) atoms. The molecule has 2 aromatic carbocycles. The van der Waals surface area contributed by atoms with E-state index in [-0.39, 0.29) is 30.4 Å². The van der Waals surface area contributed by atoms with Crippen molar-refractivity contribution in [3.8, 4) is 11.5 Å². The number of carbonyl (C=O) groups excluding carboxylic acids is 2. The topological polar surface area (TPSA) is 67.9 Å². The van der Waals surface area contributed by atoms with Crippen molar-refractivity contribution in [1.29, 1.82) is 0 Å². The lowest BCUT2D eigenvalue weighted by Gasteiger charge is -2.30. The fraction of sp³-hybridized carbons (Fsp3) is 0.500. The molecule has 0 aliphatic rings. The van der Waals surface area contributed by atoms with Crippen LogP contribution in [0.2, 0.25) is 0 Å². The molecule has 0 saturated heterocycles. The number of hydrogen-bond acceptors (Lipinski definition) is 4. The summed E-state index contributed by atoms with van der Waals surface area (Å²) in [6.07, 6.45) is 2.38. The number of nitrogens with one attached hydrogen (secondary N) is 1. The molecule has 2 aromatic rings. The first kappa shape index (κ1) is 28.7. The average molecular weight is 548 g/mol. The molecule has 0 heterocycles. The summed E-state index contributed by atoms with van der Waals surface area (Å²) in [5, 5.41) is 2.98. The molecule has 1 atom stereocenters. The smallest absolute Gasteiger partial charge is 0.261 e. The summed E-state index contributed by atoms with van der Waals surface area (Å²) in [5.74, 6) is 0.896. The van der Waals surface area contributed by atoms with E-state index >= 15 is 0 Å². The lowest BCUT2D eigenvalue weighted by Crippen LogP contribution is -2.50. The summed E-state index contributed by atoms with van der Waals surface area (Å²) in [4.78, 5) is 28.0. The van der Waals surface area contributed by atoms with E-state index < -0.39 is 6.04 Å². The Kier molecular flexibility index (Phi) is 11.1. The number of rotatable bonds is 12. The van der Waals surface area contributed by atoms with E-state index in [0.717, 1.165) is 28.4 Å². The largest absolute Gasteiger partial charge is 0.497 e. The van der Waals surface area contributed by atoms with E-state index in [1.165, 1.54) is 0 Å². The Hall–Kier alpha value is -2.54. The molecule has 192 valence electrons. The van der Waals surface area contributed by atoms with Gasteiger partial charge in [0.05, 0.1) is 11.6 Å². The third kappa shape index (κ3) is 8.57. The van der Waals surface area contributed by atoms with Gasteiger partial charge in [0.25, 0.3) is 5.91 Å². The van der Waals surface area contributed by atoms with E-state index in [1.807, 2.05) is 49.4 Å². The molecule has 0 aliphatic heterocycles. The van der Waals surface area contributed by atoms with Gasteiger partial charge in [0, 0.05) is 13.1 Å². The van der Waals surface area contributed by atoms with Gasteiger partial charge in [-0.1, -0.05) is 59.2 Å². The van der Waals surface area contributed by atoms with Crippen molar-refractivity contribution in [3.63, 3.8) is 0 Å². The normalized spacial score (nSPS) is 12.1. The molecule has 0 aromatic heterocycles. The van der Waals surface area contributed by atoms with Gasteiger partial charge in [-0.25, -0.2) is 0 Å². The van der Waals surface area contributed by atoms with E-state index in [9.17, 15) is 9.59 Å². The Morgan fingerprint density at radius 1 is 1.11 bits per heavy atom. The van der Waals surface area contributed by atoms with Crippen LogP contribution in [0.1, 0.15) is 65.0 Å². The number of carbonyl (C=O) groups is 2. The minimum atomic E-state index is -0.596. The zero-order chi connectivity index (χ0) is 26.0. The van der Waals surface area contributed by atoms with Gasteiger partial charge in [-0.2, -0.15) is 0 Å². The molecule has 2 amide bonds. The average Bonchev–Trinajstić information content (AvgIpc) is 2.82. The highest BCUT2D eigenvalue weighted by Crippen LogP contribution is 2.31. The highest BCUT2D eigenvalue weighted by molar-refractivity contribution is 9.10. The second kappa shape index (κ2) is 13.5. The van der Waals surface area contributed by atoms with Crippen molar-refractivity contribution < 1.29 is 19.1 Å². The van der Waals surface area contributed by atoms with E-state index in [0.29, 0.717) is 24.5 Å². The number of halogens is 1. The van der Waals surface area contributed by atoms with Crippen molar-refractivity contribution in [2.75, 3.05) is 20.3 Å². The number of nitrogens with zero attached hydrogens (tertiary/aromatic N) is 1. The molecule has 7 heteroatoms. The van der Waals surface area contributed by atoms with Gasteiger partial charge in [-0.15, -0.1) is 0 Å². The number of ether oxygens (including phenoxy) is 2.